The van der Waals surface area contributed by atoms with Crippen molar-refractivity contribution in [2.45, 2.75) is 11.3 Å². The molecule has 0 N–H and O–H groups in total. The monoisotopic (exact) mass is 400 g/mol. The standard InChI is InChI=1S/C14H19ClF2N2O5S/c1-18(24-3)25(21,22)12-8-10(4-5-11(12)15)14(20)19(6-7-23-2)9-13(16)17/h4-5,8,13H,6-7,9H2,1-3H3. The van der Waals surface area contributed by atoms with Gasteiger partial charge in [0, 0.05) is 26.3 Å². The summed E-state index contributed by atoms with van der Waals surface area (Å²) in [4.78, 5) is 17.6. The molecule has 0 bridgehead atoms. The van der Waals surface area contributed by atoms with Gasteiger partial charge >= 0.3 is 0 Å². The molecule has 0 aliphatic heterocycles. The third kappa shape index (κ3) is 5.58. The third-order valence-electron chi connectivity index (χ3n) is 3.26. The molecule has 0 unspecified atom stereocenters. The Morgan fingerprint density at radius 2 is 1.96 bits per heavy atom. The molecule has 0 atom stereocenters. The van der Waals surface area contributed by atoms with E-state index in [0.29, 0.717) is 4.47 Å². The van der Waals surface area contributed by atoms with Crippen molar-refractivity contribution >= 4 is 27.5 Å². The molecule has 0 spiro atoms. The zero-order valence-corrected chi connectivity index (χ0v) is 15.5. The van der Waals surface area contributed by atoms with Gasteiger partial charge in [-0.2, -0.15) is 0 Å². The number of amides is 1. The number of methoxy groups -OCH3 is 1. The zero-order chi connectivity index (χ0) is 19.2. The molecule has 25 heavy (non-hydrogen) atoms. The summed E-state index contributed by atoms with van der Waals surface area (Å²) in [6.45, 7) is -0.809. The van der Waals surface area contributed by atoms with Crippen molar-refractivity contribution in [2.75, 3.05) is 41.0 Å². The second-order valence-electron chi connectivity index (χ2n) is 4.88. The number of ether oxygens (including phenoxy) is 1. The van der Waals surface area contributed by atoms with E-state index in [-0.39, 0.29) is 28.6 Å². The van der Waals surface area contributed by atoms with Crippen molar-refractivity contribution in [3.05, 3.63) is 28.8 Å². The lowest BCUT2D eigenvalue weighted by Crippen LogP contribution is -2.37. The second kappa shape index (κ2) is 9.39. The van der Waals surface area contributed by atoms with E-state index in [0.717, 1.165) is 25.1 Å². The average Bonchev–Trinajstić information content (AvgIpc) is 2.57. The van der Waals surface area contributed by atoms with E-state index in [1.807, 2.05) is 0 Å². The molecule has 0 saturated carbocycles. The minimum absolute atomic E-state index is 0.0591. The van der Waals surface area contributed by atoms with Gasteiger partial charge in [0.05, 0.1) is 25.3 Å². The van der Waals surface area contributed by atoms with Gasteiger partial charge in [0.15, 0.2) is 0 Å². The normalized spacial score (nSPS) is 12.0. The van der Waals surface area contributed by atoms with E-state index in [2.05, 4.69) is 4.84 Å². The van der Waals surface area contributed by atoms with Crippen LogP contribution in [-0.2, 0) is 19.6 Å². The highest BCUT2D eigenvalue weighted by molar-refractivity contribution is 7.89. The topological polar surface area (TPSA) is 76.2 Å². The summed E-state index contributed by atoms with van der Waals surface area (Å²) in [6, 6.07) is 3.50. The van der Waals surface area contributed by atoms with Crippen molar-refractivity contribution in [3.63, 3.8) is 0 Å². The van der Waals surface area contributed by atoms with Crippen molar-refractivity contribution in [2.24, 2.45) is 0 Å². The molecule has 0 saturated heterocycles. The van der Waals surface area contributed by atoms with Gasteiger partial charge in [-0.05, 0) is 18.2 Å². The molecule has 1 amide bonds. The lowest BCUT2D eigenvalue weighted by atomic mass is 10.2. The molecule has 0 aliphatic carbocycles. The number of rotatable bonds is 9. The smallest absolute Gasteiger partial charge is 0.266 e. The Balaban J connectivity index is 3.24. The van der Waals surface area contributed by atoms with E-state index in [4.69, 9.17) is 16.3 Å². The Hall–Kier alpha value is -1.33. The number of carbonyl (C=O) groups excluding carboxylic acids is 1. The van der Waals surface area contributed by atoms with E-state index in [9.17, 15) is 22.0 Å². The molecule has 0 aliphatic rings. The first-order chi connectivity index (χ1) is 11.6. The number of alkyl halides is 2. The van der Waals surface area contributed by atoms with Crippen LogP contribution in [-0.4, -0.2) is 71.1 Å². The minimum atomic E-state index is -4.11. The number of hydrogen-bond donors (Lipinski definition) is 0. The molecular formula is C14H19ClF2N2O5S. The van der Waals surface area contributed by atoms with Gasteiger partial charge in [-0.1, -0.05) is 16.1 Å². The van der Waals surface area contributed by atoms with Crippen LogP contribution in [0.3, 0.4) is 0 Å². The molecule has 0 aromatic heterocycles. The number of benzene rings is 1. The minimum Gasteiger partial charge on any atom is -0.383 e. The summed E-state index contributed by atoms with van der Waals surface area (Å²) < 4.78 is 55.4. The number of hydrogen-bond acceptors (Lipinski definition) is 5. The SMILES string of the molecule is COCCN(CC(F)F)C(=O)c1ccc(Cl)c(S(=O)(=O)N(C)OC)c1. The summed E-state index contributed by atoms with van der Waals surface area (Å²) in [5.74, 6) is -0.759. The molecule has 1 aromatic rings. The maximum Gasteiger partial charge on any atom is 0.266 e. The quantitative estimate of drug-likeness (QED) is 0.591. The zero-order valence-electron chi connectivity index (χ0n) is 13.9. The van der Waals surface area contributed by atoms with Gasteiger partial charge in [-0.25, -0.2) is 17.2 Å². The first-order valence-corrected chi connectivity index (χ1v) is 8.85. The first kappa shape index (κ1) is 21.7. The van der Waals surface area contributed by atoms with Crippen LogP contribution in [0.15, 0.2) is 23.1 Å². The van der Waals surface area contributed by atoms with Crippen molar-refractivity contribution in [3.8, 4) is 0 Å². The molecular weight excluding hydrogens is 382 g/mol. The second-order valence-corrected chi connectivity index (χ2v) is 7.19. The number of halogens is 3. The number of hydroxylamine groups is 1. The summed E-state index contributed by atoms with van der Waals surface area (Å²) in [5.41, 5.74) is -0.0933. The fourth-order valence-corrected chi connectivity index (χ4v) is 3.37. The van der Waals surface area contributed by atoms with Gasteiger partial charge in [-0.15, -0.1) is 0 Å². The Kier molecular flexibility index (Phi) is 8.16. The highest BCUT2D eigenvalue weighted by atomic mass is 35.5. The number of nitrogens with zero attached hydrogens (tertiary/aromatic N) is 2. The highest BCUT2D eigenvalue weighted by Crippen LogP contribution is 2.26. The Morgan fingerprint density at radius 3 is 2.48 bits per heavy atom. The Labute approximate surface area is 150 Å². The number of sulfonamides is 1. The molecule has 0 radical (unpaired) electrons. The average molecular weight is 401 g/mol. The Morgan fingerprint density at radius 1 is 1.32 bits per heavy atom. The molecule has 7 nitrogen and oxygen atoms in total. The Bertz CT molecular complexity index is 702. The summed E-state index contributed by atoms with van der Waals surface area (Å²) >= 11 is 5.91. The van der Waals surface area contributed by atoms with Crippen LogP contribution in [0.25, 0.3) is 0 Å². The van der Waals surface area contributed by atoms with Crippen LogP contribution in [0.4, 0.5) is 8.78 Å². The van der Waals surface area contributed by atoms with Gasteiger partial charge in [0.2, 0.25) is 0 Å². The van der Waals surface area contributed by atoms with Gasteiger partial charge in [0.25, 0.3) is 22.4 Å². The third-order valence-corrected chi connectivity index (χ3v) is 5.42. The maximum atomic E-state index is 12.7. The van der Waals surface area contributed by atoms with Crippen molar-refractivity contribution < 1.29 is 31.6 Å². The van der Waals surface area contributed by atoms with Gasteiger partial charge in [-0.3, -0.25) is 9.63 Å². The molecule has 0 heterocycles. The first-order valence-electron chi connectivity index (χ1n) is 7.04. The van der Waals surface area contributed by atoms with E-state index >= 15 is 0 Å². The maximum absolute atomic E-state index is 12.7. The molecule has 1 rings (SSSR count). The molecule has 11 heteroatoms. The lowest BCUT2D eigenvalue weighted by molar-refractivity contribution is -0.0258. The predicted molar refractivity (Wildman–Crippen MR) is 87.2 cm³/mol. The van der Waals surface area contributed by atoms with Crippen LogP contribution in [0.2, 0.25) is 5.02 Å². The highest BCUT2D eigenvalue weighted by Gasteiger charge is 2.27. The lowest BCUT2D eigenvalue weighted by Gasteiger charge is -2.22. The van der Waals surface area contributed by atoms with E-state index in [1.165, 1.54) is 19.2 Å². The van der Waals surface area contributed by atoms with E-state index < -0.39 is 28.9 Å². The largest absolute Gasteiger partial charge is 0.383 e. The summed E-state index contributed by atoms with van der Waals surface area (Å²) in [7, 11) is -0.429. The van der Waals surface area contributed by atoms with Gasteiger partial charge < -0.3 is 9.64 Å². The number of carbonyl (C=O) groups is 1. The molecule has 142 valence electrons. The van der Waals surface area contributed by atoms with Gasteiger partial charge in [0.1, 0.15) is 4.90 Å². The van der Waals surface area contributed by atoms with Crippen molar-refractivity contribution in [1.82, 2.24) is 9.37 Å². The van der Waals surface area contributed by atoms with Crippen LogP contribution in [0, 0.1) is 0 Å². The predicted octanol–water partition coefficient (Wildman–Crippen LogP) is 1.88. The van der Waals surface area contributed by atoms with E-state index in [1.54, 1.807) is 0 Å². The summed E-state index contributed by atoms with van der Waals surface area (Å²) in [5, 5.41) is -0.127. The van der Waals surface area contributed by atoms with Crippen LogP contribution >= 0.6 is 11.6 Å². The molecule has 1 aromatic carbocycles. The van der Waals surface area contributed by atoms with Crippen LogP contribution in [0.1, 0.15) is 10.4 Å². The van der Waals surface area contributed by atoms with Crippen molar-refractivity contribution in [1.29, 1.82) is 0 Å². The summed E-state index contributed by atoms with van der Waals surface area (Å²) in [6.07, 6.45) is -2.74. The molecule has 0 fully saturated rings. The van der Waals surface area contributed by atoms with Crippen LogP contribution < -0.4 is 0 Å². The van der Waals surface area contributed by atoms with Crippen LogP contribution in [0.5, 0.6) is 0 Å². The fraction of sp³-hybridized carbons (Fsp3) is 0.500. The fourth-order valence-electron chi connectivity index (χ4n) is 1.90.